The molecule has 0 radical (unpaired) electrons. The van der Waals surface area contributed by atoms with E-state index in [1.54, 1.807) is 16.4 Å². The fourth-order valence-corrected chi connectivity index (χ4v) is 3.78. The lowest BCUT2D eigenvalue weighted by Gasteiger charge is -2.09. The minimum Gasteiger partial charge on any atom is -0.497 e. The molecule has 5 nitrogen and oxygen atoms in total. The van der Waals surface area contributed by atoms with Crippen LogP contribution in [0.2, 0.25) is 0 Å². The highest BCUT2D eigenvalue weighted by Crippen LogP contribution is 2.34. The third-order valence-corrected chi connectivity index (χ3v) is 5.12. The van der Waals surface area contributed by atoms with Crippen molar-refractivity contribution in [3.05, 3.63) is 58.2 Å². The maximum absolute atomic E-state index is 13.3. The van der Waals surface area contributed by atoms with Gasteiger partial charge < -0.3 is 4.74 Å². The fraction of sp³-hybridized carbons (Fsp3) is 0.158. The molecular formula is C19H16BrN3O2. The van der Waals surface area contributed by atoms with E-state index in [1.807, 2.05) is 56.4 Å². The van der Waals surface area contributed by atoms with Crippen LogP contribution in [-0.2, 0) is 7.05 Å². The summed E-state index contributed by atoms with van der Waals surface area (Å²) in [6.45, 7) is 1.95. The average Bonchev–Trinajstić information content (AvgIpc) is 3.09. The molecule has 0 aliphatic carbocycles. The Hall–Kier alpha value is -2.60. The molecule has 0 aliphatic rings. The van der Waals surface area contributed by atoms with E-state index >= 15 is 0 Å². The van der Waals surface area contributed by atoms with Crippen molar-refractivity contribution in [2.45, 2.75) is 6.92 Å². The van der Waals surface area contributed by atoms with E-state index in [1.165, 1.54) is 0 Å². The van der Waals surface area contributed by atoms with Crippen molar-refractivity contribution in [3.63, 3.8) is 0 Å². The number of aromatic nitrogens is 3. The Morgan fingerprint density at radius 2 is 1.96 bits per heavy atom. The molecule has 0 N–H and O–H groups in total. The molecule has 0 saturated carbocycles. The van der Waals surface area contributed by atoms with Crippen LogP contribution in [0.3, 0.4) is 0 Å². The van der Waals surface area contributed by atoms with Crippen LogP contribution in [0.15, 0.2) is 46.9 Å². The fourth-order valence-electron chi connectivity index (χ4n) is 3.33. The van der Waals surface area contributed by atoms with E-state index in [9.17, 15) is 4.79 Å². The third kappa shape index (κ3) is 2.28. The molecule has 0 bridgehead atoms. The minimum absolute atomic E-state index is 0.0966. The van der Waals surface area contributed by atoms with Crippen LogP contribution in [-0.4, -0.2) is 27.4 Å². The maximum Gasteiger partial charge on any atom is 0.265 e. The Labute approximate surface area is 152 Å². The van der Waals surface area contributed by atoms with Gasteiger partial charge in [0.1, 0.15) is 11.4 Å². The first kappa shape index (κ1) is 15.9. The van der Waals surface area contributed by atoms with Crippen LogP contribution in [0.25, 0.3) is 21.9 Å². The van der Waals surface area contributed by atoms with Gasteiger partial charge in [0.2, 0.25) is 0 Å². The number of benzene rings is 2. The van der Waals surface area contributed by atoms with Crippen molar-refractivity contribution in [2.24, 2.45) is 7.05 Å². The van der Waals surface area contributed by atoms with Crippen LogP contribution in [0.5, 0.6) is 5.75 Å². The summed E-state index contributed by atoms with van der Waals surface area (Å²) in [5.41, 5.74) is 3.11. The van der Waals surface area contributed by atoms with Crippen molar-refractivity contribution in [3.8, 4) is 5.75 Å². The molecule has 2 aromatic heterocycles. The van der Waals surface area contributed by atoms with Gasteiger partial charge in [-0.05, 0) is 53.2 Å². The standard InChI is InChI=1S/C19H16BrN3O2/c1-11-17-14-10-12(25-3)8-9-16(14)23(18(17)22(2)21-11)19(24)13-6-4-5-7-15(13)20/h4-10H,1-3H3. The quantitative estimate of drug-likeness (QED) is 0.506. The number of rotatable bonds is 2. The van der Waals surface area contributed by atoms with E-state index in [-0.39, 0.29) is 5.91 Å². The summed E-state index contributed by atoms with van der Waals surface area (Å²) >= 11 is 3.48. The third-order valence-electron chi connectivity index (χ3n) is 4.43. The van der Waals surface area contributed by atoms with Crippen LogP contribution >= 0.6 is 15.9 Å². The van der Waals surface area contributed by atoms with Gasteiger partial charge in [-0.15, -0.1) is 0 Å². The highest BCUT2D eigenvalue weighted by Gasteiger charge is 2.23. The minimum atomic E-state index is -0.0966. The van der Waals surface area contributed by atoms with Crippen LogP contribution in [0, 0.1) is 6.92 Å². The Bertz CT molecular complexity index is 1140. The molecule has 2 aromatic carbocycles. The first-order valence-electron chi connectivity index (χ1n) is 7.84. The maximum atomic E-state index is 13.3. The van der Waals surface area contributed by atoms with Gasteiger partial charge in [0.25, 0.3) is 5.91 Å². The molecule has 0 amide bonds. The number of methoxy groups -OCH3 is 1. The molecule has 25 heavy (non-hydrogen) atoms. The molecule has 4 aromatic rings. The van der Waals surface area contributed by atoms with Gasteiger partial charge in [0.05, 0.1) is 29.3 Å². The number of carbonyl (C=O) groups excluding carboxylic acids is 1. The van der Waals surface area contributed by atoms with E-state index in [0.717, 1.165) is 37.9 Å². The van der Waals surface area contributed by atoms with Gasteiger partial charge >= 0.3 is 0 Å². The topological polar surface area (TPSA) is 49.0 Å². The van der Waals surface area contributed by atoms with Crippen LogP contribution in [0.4, 0.5) is 0 Å². The normalized spacial score (nSPS) is 11.4. The van der Waals surface area contributed by atoms with Crippen LogP contribution in [0.1, 0.15) is 16.1 Å². The summed E-state index contributed by atoms with van der Waals surface area (Å²) in [5, 5.41) is 6.43. The molecule has 0 spiro atoms. The second-order valence-corrected chi connectivity index (χ2v) is 6.77. The number of nitrogens with zero attached hydrogens (tertiary/aromatic N) is 3. The largest absolute Gasteiger partial charge is 0.497 e. The number of halogens is 1. The Balaban J connectivity index is 2.12. The SMILES string of the molecule is COc1ccc2c(c1)c1c(C)nn(C)c1n2C(=O)c1ccccc1Br. The molecular weight excluding hydrogens is 382 g/mol. The van der Waals surface area contributed by atoms with E-state index in [0.29, 0.717) is 5.56 Å². The summed E-state index contributed by atoms with van der Waals surface area (Å²) in [6.07, 6.45) is 0. The highest BCUT2D eigenvalue weighted by atomic mass is 79.9. The Kier molecular flexibility index (Phi) is 3.65. The first-order chi connectivity index (χ1) is 12.0. The number of aryl methyl sites for hydroxylation is 2. The number of carbonyl (C=O) groups is 1. The van der Waals surface area contributed by atoms with Gasteiger partial charge in [-0.2, -0.15) is 5.10 Å². The Morgan fingerprint density at radius 1 is 1.20 bits per heavy atom. The molecule has 0 unspecified atom stereocenters. The van der Waals surface area contributed by atoms with Gasteiger partial charge in [-0.3, -0.25) is 14.0 Å². The van der Waals surface area contributed by atoms with E-state index < -0.39 is 0 Å². The number of hydrogen-bond donors (Lipinski definition) is 0. The monoisotopic (exact) mass is 397 g/mol. The van der Waals surface area contributed by atoms with Crippen molar-refractivity contribution in [2.75, 3.05) is 7.11 Å². The van der Waals surface area contributed by atoms with Gasteiger partial charge in [0, 0.05) is 16.9 Å². The predicted octanol–water partition coefficient (Wildman–Crippen LogP) is 4.30. The molecule has 0 saturated heterocycles. The lowest BCUT2D eigenvalue weighted by atomic mass is 10.2. The number of hydrogen-bond acceptors (Lipinski definition) is 3. The van der Waals surface area contributed by atoms with Gasteiger partial charge in [-0.25, -0.2) is 0 Å². The predicted molar refractivity (Wildman–Crippen MR) is 101 cm³/mol. The zero-order valence-corrected chi connectivity index (χ0v) is 15.7. The molecule has 2 heterocycles. The van der Waals surface area contributed by atoms with Crippen molar-refractivity contribution in [1.82, 2.24) is 14.3 Å². The lowest BCUT2D eigenvalue weighted by Crippen LogP contribution is -2.14. The van der Waals surface area contributed by atoms with Crippen molar-refractivity contribution >= 4 is 43.8 Å². The summed E-state index contributed by atoms with van der Waals surface area (Å²) in [5.74, 6) is 0.656. The zero-order chi connectivity index (χ0) is 17.7. The second-order valence-electron chi connectivity index (χ2n) is 5.91. The number of ether oxygens (including phenoxy) is 1. The van der Waals surface area contributed by atoms with Gasteiger partial charge in [0.15, 0.2) is 0 Å². The zero-order valence-electron chi connectivity index (χ0n) is 14.1. The number of fused-ring (bicyclic) bond motifs is 3. The molecule has 126 valence electrons. The van der Waals surface area contributed by atoms with Crippen LogP contribution < -0.4 is 4.74 Å². The van der Waals surface area contributed by atoms with Crippen molar-refractivity contribution < 1.29 is 9.53 Å². The summed E-state index contributed by atoms with van der Waals surface area (Å²) in [6, 6.07) is 13.2. The highest BCUT2D eigenvalue weighted by molar-refractivity contribution is 9.10. The summed E-state index contributed by atoms with van der Waals surface area (Å²) in [7, 11) is 3.49. The van der Waals surface area contributed by atoms with E-state index in [2.05, 4.69) is 21.0 Å². The summed E-state index contributed by atoms with van der Waals surface area (Å²) < 4.78 is 9.61. The van der Waals surface area contributed by atoms with Gasteiger partial charge in [-0.1, -0.05) is 12.1 Å². The first-order valence-corrected chi connectivity index (χ1v) is 8.63. The molecule has 0 fully saturated rings. The Morgan fingerprint density at radius 3 is 2.68 bits per heavy atom. The molecule has 6 heteroatoms. The molecule has 0 aliphatic heterocycles. The second kappa shape index (κ2) is 5.74. The van der Waals surface area contributed by atoms with E-state index in [4.69, 9.17) is 4.74 Å². The molecule has 4 rings (SSSR count). The molecule has 0 atom stereocenters. The van der Waals surface area contributed by atoms with Crippen molar-refractivity contribution in [1.29, 1.82) is 0 Å². The average molecular weight is 398 g/mol. The lowest BCUT2D eigenvalue weighted by molar-refractivity contribution is 0.0967. The summed E-state index contributed by atoms with van der Waals surface area (Å²) in [4.78, 5) is 13.3. The smallest absolute Gasteiger partial charge is 0.265 e.